The van der Waals surface area contributed by atoms with Gasteiger partial charge in [0, 0.05) is 12.2 Å². The number of rotatable bonds is 6. The van der Waals surface area contributed by atoms with E-state index in [9.17, 15) is 19.5 Å². The Morgan fingerprint density at radius 3 is 2.34 bits per heavy atom. The molecule has 0 radical (unpaired) electrons. The van der Waals surface area contributed by atoms with E-state index < -0.39 is 17.8 Å². The van der Waals surface area contributed by atoms with Crippen molar-refractivity contribution in [1.82, 2.24) is 5.32 Å². The lowest BCUT2D eigenvalue weighted by molar-refractivity contribution is -0.147. The normalized spacial score (nSPS) is 12.9. The first-order valence-electron chi connectivity index (χ1n) is 8.57. The minimum absolute atomic E-state index is 0.00555. The van der Waals surface area contributed by atoms with E-state index in [2.05, 4.69) is 10.6 Å². The fourth-order valence-electron chi connectivity index (χ4n) is 2.45. The standard InChI is InChI=1S/C19H16Cl2N2O6/c20-13-5-10(23-18(26)19(27)28)6-14(21)16(13)29-11-3-4-15(24)12(7-11)17(25)22-8-9-1-2-9/h3-7,9,24H,1-2,8H2,(H,22,25)(H,23,26)(H,27,28). The van der Waals surface area contributed by atoms with Crippen LogP contribution in [0.2, 0.25) is 10.0 Å². The summed E-state index contributed by atoms with van der Waals surface area (Å²) in [4.78, 5) is 34.2. The van der Waals surface area contributed by atoms with Crippen molar-refractivity contribution in [3.63, 3.8) is 0 Å². The molecule has 3 rings (SSSR count). The molecule has 8 nitrogen and oxygen atoms in total. The van der Waals surface area contributed by atoms with Crippen LogP contribution in [-0.4, -0.2) is 34.5 Å². The van der Waals surface area contributed by atoms with E-state index >= 15 is 0 Å². The van der Waals surface area contributed by atoms with Gasteiger partial charge in [-0.1, -0.05) is 23.2 Å². The van der Waals surface area contributed by atoms with Crippen molar-refractivity contribution in [3.8, 4) is 17.2 Å². The number of aliphatic carboxylic acids is 1. The Bertz CT molecular complexity index is 968. The smallest absolute Gasteiger partial charge is 0.394 e. The highest BCUT2D eigenvalue weighted by Gasteiger charge is 2.23. The number of carboxylic acids is 1. The maximum Gasteiger partial charge on any atom is 0.394 e. The molecular formula is C19H16Cl2N2O6. The fourth-order valence-corrected chi connectivity index (χ4v) is 3.01. The van der Waals surface area contributed by atoms with Gasteiger partial charge in [-0.05, 0) is 49.1 Å². The molecule has 2 aromatic carbocycles. The van der Waals surface area contributed by atoms with E-state index in [1.165, 1.54) is 30.3 Å². The number of phenols is 1. The second kappa shape index (κ2) is 8.59. The average Bonchev–Trinajstić information content (AvgIpc) is 3.48. The molecule has 0 aromatic heterocycles. The summed E-state index contributed by atoms with van der Waals surface area (Å²) in [6.07, 6.45) is 2.16. The molecule has 152 valence electrons. The number of anilines is 1. The van der Waals surface area contributed by atoms with Gasteiger partial charge >= 0.3 is 11.9 Å². The number of hydrogen-bond donors (Lipinski definition) is 4. The molecule has 1 fully saturated rings. The summed E-state index contributed by atoms with van der Waals surface area (Å²) >= 11 is 12.3. The first-order valence-corrected chi connectivity index (χ1v) is 9.32. The summed E-state index contributed by atoms with van der Waals surface area (Å²) in [6, 6.07) is 6.63. The lowest BCUT2D eigenvalue weighted by Crippen LogP contribution is -2.25. The van der Waals surface area contributed by atoms with Crippen molar-refractivity contribution in [3.05, 3.63) is 45.9 Å². The van der Waals surface area contributed by atoms with E-state index in [0.29, 0.717) is 12.5 Å². The monoisotopic (exact) mass is 438 g/mol. The number of halogens is 2. The molecule has 29 heavy (non-hydrogen) atoms. The Balaban J connectivity index is 1.78. The van der Waals surface area contributed by atoms with Crippen molar-refractivity contribution in [2.45, 2.75) is 12.8 Å². The van der Waals surface area contributed by atoms with Crippen LogP contribution in [0.5, 0.6) is 17.2 Å². The van der Waals surface area contributed by atoms with Gasteiger partial charge in [0.1, 0.15) is 11.5 Å². The Hall–Kier alpha value is -2.97. The Morgan fingerprint density at radius 2 is 1.76 bits per heavy atom. The predicted octanol–water partition coefficient (Wildman–Crippen LogP) is 3.65. The molecule has 0 bridgehead atoms. The van der Waals surface area contributed by atoms with Crippen LogP contribution in [0.4, 0.5) is 5.69 Å². The zero-order chi connectivity index (χ0) is 21.1. The lowest BCUT2D eigenvalue weighted by atomic mass is 10.1. The highest BCUT2D eigenvalue weighted by molar-refractivity contribution is 6.39. The second-order valence-electron chi connectivity index (χ2n) is 6.46. The van der Waals surface area contributed by atoms with Gasteiger partial charge in [-0.2, -0.15) is 0 Å². The molecule has 0 saturated heterocycles. The lowest BCUT2D eigenvalue weighted by Gasteiger charge is -2.13. The largest absolute Gasteiger partial charge is 0.507 e. The summed E-state index contributed by atoms with van der Waals surface area (Å²) < 4.78 is 5.65. The molecule has 0 aliphatic heterocycles. The molecule has 10 heteroatoms. The third kappa shape index (κ3) is 5.30. The molecule has 4 N–H and O–H groups in total. The number of amides is 2. The van der Waals surface area contributed by atoms with Crippen LogP contribution in [0.1, 0.15) is 23.2 Å². The Morgan fingerprint density at radius 1 is 1.10 bits per heavy atom. The molecule has 2 amide bonds. The minimum atomic E-state index is -1.66. The number of hydrogen-bond acceptors (Lipinski definition) is 5. The van der Waals surface area contributed by atoms with E-state index in [1.54, 1.807) is 0 Å². The zero-order valence-corrected chi connectivity index (χ0v) is 16.4. The molecule has 0 spiro atoms. The van der Waals surface area contributed by atoms with Crippen LogP contribution in [0, 0.1) is 5.92 Å². The van der Waals surface area contributed by atoms with Gasteiger partial charge in [0.05, 0.1) is 15.6 Å². The third-order valence-electron chi connectivity index (χ3n) is 4.13. The second-order valence-corrected chi connectivity index (χ2v) is 7.28. The van der Waals surface area contributed by atoms with Crippen molar-refractivity contribution < 1.29 is 29.3 Å². The van der Waals surface area contributed by atoms with Crippen molar-refractivity contribution >= 4 is 46.7 Å². The predicted molar refractivity (Wildman–Crippen MR) is 106 cm³/mol. The number of benzene rings is 2. The fraction of sp³-hybridized carbons (Fsp3) is 0.211. The summed E-state index contributed by atoms with van der Waals surface area (Å²) in [5, 5.41) is 23.5. The van der Waals surface area contributed by atoms with Crippen LogP contribution in [-0.2, 0) is 9.59 Å². The highest BCUT2D eigenvalue weighted by atomic mass is 35.5. The zero-order valence-electron chi connectivity index (χ0n) is 14.9. The van der Waals surface area contributed by atoms with Gasteiger partial charge in [-0.3, -0.25) is 9.59 Å². The van der Waals surface area contributed by atoms with Crippen LogP contribution in [0.15, 0.2) is 30.3 Å². The molecule has 1 aliphatic rings. The number of carbonyl (C=O) groups is 3. The Kier molecular flexibility index (Phi) is 6.14. The quantitative estimate of drug-likeness (QED) is 0.510. The van der Waals surface area contributed by atoms with Gasteiger partial charge in [-0.15, -0.1) is 0 Å². The van der Waals surface area contributed by atoms with Gasteiger partial charge in [0.2, 0.25) is 0 Å². The summed E-state index contributed by atoms with van der Waals surface area (Å²) in [6.45, 7) is 0.546. The van der Waals surface area contributed by atoms with Crippen molar-refractivity contribution in [1.29, 1.82) is 0 Å². The molecule has 0 heterocycles. The van der Waals surface area contributed by atoms with Gasteiger partial charge in [0.15, 0.2) is 5.75 Å². The highest BCUT2D eigenvalue weighted by Crippen LogP contribution is 2.39. The molecular weight excluding hydrogens is 423 g/mol. The topological polar surface area (TPSA) is 125 Å². The van der Waals surface area contributed by atoms with Gasteiger partial charge in [-0.25, -0.2) is 4.79 Å². The number of ether oxygens (including phenoxy) is 1. The van der Waals surface area contributed by atoms with Crippen LogP contribution < -0.4 is 15.4 Å². The number of phenolic OH excluding ortho intramolecular Hbond substituents is 1. The van der Waals surface area contributed by atoms with Crippen LogP contribution in [0.25, 0.3) is 0 Å². The molecule has 1 aliphatic carbocycles. The van der Waals surface area contributed by atoms with Crippen LogP contribution in [0.3, 0.4) is 0 Å². The van der Waals surface area contributed by atoms with E-state index in [0.717, 1.165) is 12.8 Å². The molecule has 0 unspecified atom stereocenters. The molecule has 0 atom stereocenters. The Labute approximate surface area is 175 Å². The number of aromatic hydroxyl groups is 1. The maximum atomic E-state index is 12.3. The minimum Gasteiger partial charge on any atom is -0.507 e. The van der Waals surface area contributed by atoms with E-state index in [4.69, 9.17) is 33.0 Å². The molecule has 1 saturated carbocycles. The van der Waals surface area contributed by atoms with Crippen molar-refractivity contribution in [2.75, 3.05) is 11.9 Å². The van der Waals surface area contributed by atoms with E-state index in [-0.39, 0.29) is 38.5 Å². The van der Waals surface area contributed by atoms with E-state index in [1.807, 2.05) is 0 Å². The number of carbonyl (C=O) groups excluding carboxylic acids is 2. The maximum absolute atomic E-state index is 12.3. The molecule has 2 aromatic rings. The SMILES string of the molecule is O=C(O)C(=O)Nc1cc(Cl)c(Oc2ccc(O)c(C(=O)NCC3CC3)c2)c(Cl)c1. The van der Waals surface area contributed by atoms with Gasteiger partial charge < -0.3 is 25.6 Å². The van der Waals surface area contributed by atoms with Crippen molar-refractivity contribution in [2.24, 2.45) is 5.92 Å². The summed E-state index contributed by atoms with van der Waals surface area (Å²) in [5.74, 6) is -2.81. The summed E-state index contributed by atoms with van der Waals surface area (Å²) in [5.41, 5.74) is 0.117. The first kappa shape index (κ1) is 20.8. The summed E-state index contributed by atoms with van der Waals surface area (Å²) in [7, 11) is 0. The van der Waals surface area contributed by atoms with Crippen LogP contribution >= 0.6 is 23.2 Å². The average molecular weight is 439 g/mol. The van der Waals surface area contributed by atoms with Gasteiger partial charge in [0.25, 0.3) is 5.91 Å². The number of carboxylic acid groups (broad SMARTS) is 1. The number of nitrogens with one attached hydrogen (secondary N) is 2. The first-order chi connectivity index (χ1) is 13.7. The third-order valence-corrected chi connectivity index (χ3v) is 4.69.